The van der Waals surface area contributed by atoms with E-state index >= 15 is 0 Å². The fraction of sp³-hybridized carbons (Fsp3) is 0.316. The molecule has 0 bridgehead atoms. The molecular weight excluding hydrogens is 333 g/mol. The first kappa shape index (κ1) is 17.8. The van der Waals surface area contributed by atoms with E-state index in [4.69, 9.17) is 0 Å². The van der Waals surface area contributed by atoms with Crippen LogP contribution in [0.15, 0.2) is 42.6 Å². The predicted octanol–water partition coefficient (Wildman–Crippen LogP) is 2.04. The van der Waals surface area contributed by atoms with Crippen molar-refractivity contribution in [3.05, 3.63) is 54.0 Å². The number of hydrogen-bond donors (Lipinski definition) is 0. The Balaban J connectivity index is 1.59. The SMILES string of the molecule is CN(C)c1cnnc(N2CCN(C(=O)/C=C/c3ccccc3F)CC2)c1. The zero-order valence-electron chi connectivity index (χ0n) is 15.0. The summed E-state index contributed by atoms with van der Waals surface area (Å²) in [7, 11) is 3.92. The van der Waals surface area contributed by atoms with Crippen LogP contribution in [0.1, 0.15) is 5.56 Å². The van der Waals surface area contributed by atoms with Crippen molar-refractivity contribution in [1.82, 2.24) is 15.1 Å². The van der Waals surface area contributed by atoms with Crippen LogP contribution in [0.5, 0.6) is 0 Å². The molecular formula is C19H22FN5O. The van der Waals surface area contributed by atoms with Crippen LogP contribution in [0.3, 0.4) is 0 Å². The number of rotatable bonds is 4. The Morgan fingerprint density at radius 3 is 2.62 bits per heavy atom. The number of piperazine rings is 1. The molecule has 136 valence electrons. The van der Waals surface area contributed by atoms with Crippen LogP contribution in [-0.2, 0) is 4.79 Å². The number of hydrogen-bond acceptors (Lipinski definition) is 5. The van der Waals surface area contributed by atoms with Gasteiger partial charge in [-0.15, -0.1) is 5.10 Å². The Hall–Kier alpha value is -2.96. The van der Waals surface area contributed by atoms with Crippen LogP contribution < -0.4 is 9.80 Å². The van der Waals surface area contributed by atoms with Crippen LogP contribution in [-0.4, -0.2) is 61.3 Å². The van der Waals surface area contributed by atoms with Crippen LogP contribution >= 0.6 is 0 Å². The Morgan fingerprint density at radius 1 is 1.19 bits per heavy atom. The lowest BCUT2D eigenvalue weighted by molar-refractivity contribution is -0.126. The molecule has 0 atom stereocenters. The Kier molecular flexibility index (Phi) is 5.46. The highest BCUT2D eigenvalue weighted by Gasteiger charge is 2.21. The van der Waals surface area contributed by atoms with Gasteiger partial charge in [0.2, 0.25) is 5.91 Å². The number of amides is 1. The molecule has 1 aliphatic heterocycles. The quantitative estimate of drug-likeness (QED) is 0.786. The molecule has 3 rings (SSSR count). The molecule has 7 heteroatoms. The number of carbonyl (C=O) groups excluding carboxylic acids is 1. The first-order chi connectivity index (χ1) is 12.5. The molecule has 1 aliphatic rings. The molecule has 2 aromatic rings. The highest BCUT2D eigenvalue weighted by molar-refractivity contribution is 5.92. The van der Waals surface area contributed by atoms with Gasteiger partial charge in [-0.25, -0.2) is 4.39 Å². The molecule has 0 radical (unpaired) electrons. The maximum Gasteiger partial charge on any atom is 0.246 e. The van der Waals surface area contributed by atoms with E-state index in [1.54, 1.807) is 29.3 Å². The molecule has 0 saturated carbocycles. The number of aromatic nitrogens is 2. The lowest BCUT2D eigenvalue weighted by atomic mass is 10.2. The van der Waals surface area contributed by atoms with Gasteiger partial charge in [0, 0.05) is 58.0 Å². The third-order valence-corrected chi connectivity index (χ3v) is 4.37. The minimum absolute atomic E-state index is 0.110. The normalized spacial score (nSPS) is 14.7. The van der Waals surface area contributed by atoms with Crippen molar-refractivity contribution < 1.29 is 9.18 Å². The van der Waals surface area contributed by atoms with Crippen LogP contribution in [0.4, 0.5) is 15.9 Å². The van der Waals surface area contributed by atoms with Crippen molar-refractivity contribution in [2.45, 2.75) is 0 Å². The second kappa shape index (κ2) is 7.95. The van der Waals surface area contributed by atoms with Gasteiger partial charge in [0.15, 0.2) is 5.82 Å². The average Bonchev–Trinajstić information content (AvgIpc) is 2.67. The van der Waals surface area contributed by atoms with E-state index in [1.807, 2.05) is 25.1 Å². The van der Waals surface area contributed by atoms with E-state index in [0.29, 0.717) is 31.7 Å². The number of benzene rings is 1. The zero-order valence-corrected chi connectivity index (χ0v) is 15.0. The third kappa shape index (κ3) is 4.17. The second-order valence-electron chi connectivity index (χ2n) is 6.33. The van der Waals surface area contributed by atoms with E-state index in [-0.39, 0.29) is 11.7 Å². The largest absolute Gasteiger partial charge is 0.376 e. The summed E-state index contributed by atoms with van der Waals surface area (Å²) in [4.78, 5) is 18.2. The summed E-state index contributed by atoms with van der Waals surface area (Å²) in [5.41, 5.74) is 1.40. The van der Waals surface area contributed by atoms with Crippen molar-refractivity contribution >= 4 is 23.5 Å². The molecule has 1 amide bonds. The van der Waals surface area contributed by atoms with Crippen LogP contribution in [0.25, 0.3) is 6.08 Å². The predicted molar refractivity (Wildman–Crippen MR) is 101 cm³/mol. The van der Waals surface area contributed by atoms with E-state index in [1.165, 1.54) is 18.2 Å². The molecule has 26 heavy (non-hydrogen) atoms. The lowest BCUT2D eigenvalue weighted by Gasteiger charge is -2.34. The maximum absolute atomic E-state index is 13.6. The summed E-state index contributed by atoms with van der Waals surface area (Å²) in [6.45, 7) is 2.55. The zero-order chi connectivity index (χ0) is 18.5. The first-order valence-electron chi connectivity index (χ1n) is 8.51. The van der Waals surface area contributed by atoms with Crippen LogP contribution in [0.2, 0.25) is 0 Å². The van der Waals surface area contributed by atoms with Gasteiger partial charge < -0.3 is 14.7 Å². The standard InChI is InChI=1S/C19H22FN5O/c1-23(2)16-13-18(22-21-14-16)24-9-11-25(12-10-24)19(26)8-7-15-5-3-4-6-17(15)20/h3-8,13-14H,9-12H2,1-2H3/b8-7+. The summed E-state index contributed by atoms with van der Waals surface area (Å²) >= 11 is 0. The van der Waals surface area contributed by atoms with Gasteiger partial charge in [-0.3, -0.25) is 4.79 Å². The monoisotopic (exact) mass is 355 g/mol. The maximum atomic E-state index is 13.6. The Morgan fingerprint density at radius 2 is 1.92 bits per heavy atom. The number of carbonyl (C=O) groups is 1. The molecule has 2 heterocycles. The fourth-order valence-electron chi connectivity index (χ4n) is 2.78. The van der Waals surface area contributed by atoms with Crippen molar-refractivity contribution in [2.75, 3.05) is 50.1 Å². The van der Waals surface area contributed by atoms with Crippen molar-refractivity contribution in [2.24, 2.45) is 0 Å². The van der Waals surface area contributed by atoms with Crippen LogP contribution in [0, 0.1) is 5.82 Å². The van der Waals surface area contributed by atoms with Gasteiger partial charge in [0.25, 0.3) is 0 Å². The number of anilines is 2. The summed E-state index contributed by atoms with van der Waals surface area (Å²) < 4.78 is 13.6. The van der Waals surface area contributed by atoms with E-state index in [9.17, 15) is 9.18 Å². The molecule has 0 spiro atoms. The molecule has 6 nitrogen and oxygen atoms in total. The molecule has 1 aromatic heterocycles. The minimum atomic E-state index is -0.333. The molecule has 1 saturated heterocycles. The van der Waals surface area contributed by atoms with Crippen molar-refractivity contribution in [3.8, 4) is 0 Å². The molecule has 0 unspecified atom stereocenters. The van der Waals surface area contributed by atoms with E-state index in [0.717, 1.165) is 11.5 Å². The van der Waals surface area contributed by atoms with Gasteiger partial charge in [0.05, 0.1) is 11.9 Å². The van der Waals surface area contributed by atoms with Gasteiger partial charge in [-0.2, -0.15) is 5.10 Å². The third-order valence-electron chi connectivity index (χ3n) is 4.37. The highest BCUT2D eigenvalue weighted by atomic mass is 19.1. The topological polar surface area (TPSA) is 52.6 Å². The molecule has 1 aromatic carbocycles. The molecule has 0 aliphatic carbocycles. The Bertz CT molecular complexity index is 800. The van der Waals surface area contributed by atoms with Gasteiger partial charge >= 0.3 is 0 Å². The molecule has 1 fully saturated rings. The van der Waals surface area contributed by atoms with Crippen molar-refractivity contribution in [1.29, 1.82) is 0 Å². The Labute approximate surface area is 152 Å². The number of halogens is 1. The summed E-state index contributed by atoms with van der Waals surface area (Å²) in [6.07, 6.45) is 4.67. The van der Waals surface area contributed by atoms with E-state index in [2.05, 4.69) is 15.1 Å². The average molecular weight is 355 g/mol. The first-order valence-corrected chi connectivity index (χ1v) is 8.51. The van der Waals surface area contributed by atoms with Gasteiger partial charge in [-0.1, -0.05) is 18.2 Å². The molecule has 0 N–H and O–H groups in total. The summed E-state index contributed by atoms with van der Waals surface area (Å²) in [5, 5.41) is 8.24. The van der Waals surface area contributed by atoms with Gasteiger partial charge in [0.1, 0.15) is 5.82 Å². The number of nitrogens with zero attached hydrogens (tertiary/aromatic N) is 5. The smallest absolute Gasteiger partial charge is 0.246 e. The highest BCUT2D eigenvalue weighted by Crippen LogP contribution is 2.18. The second-order valence-corrected chi connectivity index (χ2v) is 6.33. The fourth-order valence-corrected chi connectivity index (χ4v) is 2.78. The van der Waals surface area contributed by atoms with E-state index < -0.39 is 0 Å². The lowest BCUT2D eigenvalue weighted by Crippen LogP contribution is -2.48. The summed E-state index contributed by atoms with van der Waals surface area (Å²) in [6, 6.07) is 8.39. The van der Waals surface area contributed by atoms with Crippen molar-refractivity contribution in [3.63, 3.8) is 0 Å². The van der Waals surface area contributed by atoms with Gasteiger partial charge in [-0.05, 0) is 12.1 Å². The summed E-state index contributed by atoms with van der Waals surface area (Å²) in [5.74, 6) is 0.368. The minimum Gasteiger partial charge on any atom is -0.376 e.